The molecule has 36 heavy (non-hydrogen) atoms. The maximum atomic E-state index is 13.4. The first-order valence-corrected chi connectivity index (χ1v) is 13.8. The molecule has 4 heterocycles. The number of amides is 2. The minimum atomic E-state index is -1.10. The molecule has 7 nitrogen and oxygen atoms in total. The number of pyridine rings is 1. The van der Waals surface area contributed by atoms with Gasteiger partial charge in [0.15, 0.2) is 5.78 Å². The average molecular weight is 542 g/mol. The summed E-state index contributed by atoms with van der Waals surface area (Å²) in [6.45, 7) is 1.56. The molecule has 0 radical (unpaired) electrons. The molecule has 2 unspecified atom stereocenters. The van der Waals surface area contributed by atoms with E-state index in [1.165, 1.54) is 11.3 Å². The van der Waals surface area contributed by atoms with Crippen molar-refractivity contribution in [1.29, 1.82) is 0 Å². The van der Waals surface area contributed by atoms with Crippen molar-refractivity contribution in [1.82, 2.24) is 15.2 Å². The summed E-state index contributed by atoms with van der Waals surface area (Å²) in [4.78, 5) is 45.8. The van der Waals surface area contributed by atoms with Crippen LogP contribution in [-0.4, -0.2) is 52.4 Å². The fraction of sp³-hybridized carbons (Fsp3) is 0.308. The van der Waals surface area contributed by atoms with Crippen molar-refractivity contribution in [2.24, 2.45) is 0 Å². The number of ketones is 1. The van der Waals surface area contributed by atoms with Crippen LogP contribution >= 0.6 is 34.7 Å². The standard InChI is InChI=1S/C26H24ClN3O4S2/c27-18-5-1-2-6-20(18)36-24-19(31)15-26(29-25(24)33,17-10-14-35-16-17)21-7-3-8-22(28-21)34-13-12-30-11-4-9-23(30)32/h1-3,5-8,10,14,16,24H,4,9,11-13,15H2,(H,29,33). The molecule has 2 saturated heterocycles. The Bertz CT molecular complexity index is 1270. The fourth-order valence-corrected chi connectivity index (χ4v) is 6.50. The van der Waals surface area contributed by atoms with Gasteiger partial charge in [-0.25, -0.2) is 4.98 Å². The number of carbonyl (C=O) groups is 3. The molecule has 2 fully saturated rings. The third-order valence-corrected chi connectivity index (χ3v) is 8.79. The number of hydrogen-bond acceptors (Lipinski definition) is 7. The van der Waals surface area contributed by atoms with E-state index in [2.05, 4.69) is 10.3 Å². The number of piperidine rings is 1. The summed E-state index contributed by atoms with van der Waals surface area (Å²) in [5.41, 5.74) is 0.219. The number of ether oxygens (including phenoxy) is 1. The summed E-state index contributed by atoms with van der Waals surface area (Å²) in [6, 6.07) is 14.4. The summed E-state index contributed by atoms with van der Waals surface area (Å²) >= 11 is 8.92. The van der Waals surface area contributed by atoms with Crippen LogP contribution in [0.5, 0.6) is 5.88 Å². The van der Waals surface area contributed by atoms with Gasteiger partial charge in [0.05, 0.1) is 17.3 Å². The summed E-state index contributed by atoms with van der Waals surface area (Å²) in [5, 5.41) is 6.53. The Morgan fingerprint density at radius 3 is 2.75 bits per heavy atom. The van der Waals surface area contributed by atoms with Crippen molar-refractivity contribution in [2.45, 2.75) is 34.9 Å². The second kappa shape index (κ2) is 10.6. The molecule has 186 valence electrons. The molecule has 3 aromatic rings. The van der Waals surface area contributed by atoms with Crippen LogP contribution in [0, 0.1) is 0 Å². The predicted molar refractivity (Wildman–Crippen MR) is 140 cm³/mol. The summed E-state index contributed by atoms with van der Waals surface area (Å²) in [6.07, 6.45) is 1.51. The number of nitrogens with zero attached hydrogens (tertiary/aromatic N) is 2. The topological polar surface area (TPSA) is 88.6 Å². The Morgan fingerprint density at radius 2 is 2.03 bits per heavy atom. The van der Waals surface area contributed by atoms with Crippen LogP contribution < -0.4 is 10.1 Å². The van der Waals surface area contributed by atoms with Crippen molar-refractivity contribution >= 4 is 52.3 Å². The molecule has 2 aliphatic heterocycles. The highest BCUT2D eigenvalue weighted by molar-refractivity contribution is 8.01. The zero-order chi connectivity index (χ0) is 25.1. The van der Waals surface area contributed by atoms with Gasteiger partial charge in [0.2, 0.25) is 17.7 Å². The van der Waals surface area contributed by atoms with E-state index in [9.17, 15) is 14.4 Å². The predicted octanol–water partition coefficient (Wildman–Crippen LogP) is 4.29. The minimum absolute atomic E-state index is 0.0519. The van der Waals surface area contributed by atoms with E-state index in [1.807, 2.05) is 22.9 Å². The molecule has 2 amide bonds. The number of halogens is 1. The first-order valence-electron chi connectivity index (χ1n) is 11.6. The second-order valence-corrected chi connectivity index (χ2v) is 11.0. The Hall–Kier alpha value is -2.88. The van der Waals surface area contributed by atoms with Crippen LogP contribution in [0.4, 0.5) is 0 Å². The normalized spacial score (nSPS) is 22.1. The number of benzene rings is 1. The van der Waals surface area contributed by atoms with Crippen LogP contribution in [0.25, 0.3) is 0 Å². The third kappa shape index (κ3) is 5.00. The Kier molecular flexibility index (Phi) is 7.32. The van der Waals surface area contributed by atoms with E-state index in [1.54, 1.807) is 41.3 Å². The third-order valence-electron chi connectivity index (χ3n) is 6.35. The zero-order valence-electron chi connectivity index (χ0n) is 19.3. The smallest absolute Gasteiger partial charge is 0.242 e. The van der Waals surface area contributed by atoms with Gasteiger partial charge in [-0.05, 0) is 47.0 Å². The quantitative estimate of drug-likeness (QED) is 0.428. The van der Waals surface area contributed by atoms with E-state index in [0.717, 1.165) is 30.3 Å². The SMILES string of the molecule is O=C1CC(c2ccsc2)(c2cccc(OCCN3CCCC3=O)n2)NC(=O)C1Sc1ccccc1Cl. The lowest BCUT2D eigenvalue weighted by Gasteiger charge is -2.39. The molecule has 2 aliphatic rings. The van der Waals surface area contributed by atoms with Crippen LogP contribution in [-0.2, 0) is 19.9 Å². The lowest BCUT2D eigenvalue weighted by molar-refractivity contribution is -0.133. The summed E-state index contributed by atoms with van der Waals surface area (Å²) < 4.78 is 5.86. The van der Waals surface area contributed by atoms with Gasteiger partial charge in [-0.15, -0.1) is 11.8 Å². The number of thioether (sulfide) groups is 1. The van der Waals surface area contributed by atoms with Crippen molar-refractivity contribution in [3.63, 3.8) is 0 Å². The molecule has 0 saturated carbocycles. The Morgan fingerprint density at radius 1 is 1.17 bits per heavy atom. The molecule has 2 atom stereocenters. The van der Waals surface area contributed by atoms with Crippen molar-refractivity contribution in [3.8, 4) is 5.88 Å². The molecule has 5 rings (SSSR count). The van der Waals surface area contributed by atoms with Crippen molar-refractivity contribution < 1.29 is 19.1 Å². The van der Waals surface area contributed by atoms with Crippen LogP contribution in [0.2, 0.25) is 5.02 Å². The molecule has 0 bridgehead atoms. The molecular weight excluding hydrogens is 518 g/mol. The van der Waals surface area contributed by atoms with Gasteiger partial charge in [0.1, 0.15) is 17.4 Å². The molecule has 1 N–H and O–H groups in total. The highest BCUT2D eigenvalue weighted by Crippen LogP contribution is 2.41. The summed E-state index contributed by atoms with van der Waals surface area (Å²) in [5.74, 6) is -0.0639. The van der Waals surface area contributed by atoms with Gasteiger partial charge < -0.3 is 15.0 Å². The molecule has 2 aromatic heterocycles. The van der Waals surface area contributed by atoms with Gasteiger partial charge >= 0.3 is 0 Å². The van der Waals surface area contributed by atoms with Crippen LogP contribution in [0.3, 0.4) is 0 Å². The number of thiophene rings is 1. The van der Waals surface area contributed by atoms with Gasteiger partial charge in [-0.2, -0.15) is 11.3 Å². The zero-order valence-corrected chi connectivity index (χ0v) is 21.7. The molecule has 10 heteroatoms. The van der Waals surface area contributed by atoms with Gasteiger partial charge in [-0.3, -0.25) is 14.4 Å². The monoisotopic (exact) mass is 541 g/mol. The average Bonchev–Trinajstić information content (AvgIpc) is 3.55. The summed E-state index contributed by atoms with van der Waals surface area (Å²) in [7, 11) is 0. The number of hydrogen-bond donors (Lipinski definition) is 1. The number of carbonyl (C=O) groups excluding carboxylic acids is 3. The van der Waals surface area contributed by atoms with Crippen molar-refractivity contribution in [3.05, 3.63) is 75.6 Å². The van der Waals surface area contributed by atoms with Gasteiger partial charge in [0, 0.05) is 30.3 Å². The lowest BCUT2D eigenvalue weighted by atomic mass is 9.79. The number of likely N-dealkylation sites (tertiary alicyclic amines) is 1. The first kappa shape index (κ1) is 24.8. The van der Waals surface area contributed by atoms with Crippen molar-refractivity contribution in [2.75, 3.05) is 19.7 Å². The highest BCUT2D eigenvalue weighted by atomic mass is 35.5. The van der Waals surface area contributed by atoms with Crippen LogP contribution in [0.1, 0.15) is 30.5 Å². The highest BCUT2D eigenvalue weighted by Gasteiger charge is 2.48. The molecule has 0 aliphatic carbocycles. The Balaban J connectivity index is 1.38. The maximum absolute atomic E-state index is 13.4. The molecule has 1 aromatic carbocycles. The van der Waals surface area contributed by atoms with E-state index in [4.69, 9.17) is 16.3 Å². The number of rotatable bonds is 8. The number of Topliss-reactive ketones (excluding diaryl/α,β-unsaturated/α-hetero) is 1. The number of nitrogens with one attached hydrogen (secondary N) is 1. The fourth-order valence-electron chi connectivity index (χ4n) is 4.52. The van der Waals surface area contributed by atoms with Crippen LogP contribution in [0.15, 0.2) is 64.2 Å². The minimum Gasteiger partial charge on any atom is -0.476 e. The van der Waals surface area contributed by atoms with Gasteiger partial charge in [-0.1, -0.05) is 29.8 Å². The number of aromatic nitrogens is 1. The lowest BCUT2D eigenvalue weighted by Crippen LogP contribution is -2.58. The van der Waals surface area contributed by atoms with E-state index in [-0.39, 0.29) is 24.0 Å². The Labute approximate surface area is 222 Å². The van der Waals surface area contributed by atoms with E-state index in [0.29, 0.717) is 41.1 Å². The van der Waals surface area contributed by atoms with E-state index >= 15 is 0 Å². The largest absolute Gasteiger partial charge is 0.476 e. The van der Waals surface area contributed by atoms with Gasteiger partial charge in [0.25, 0.3) is 0 Å². The first-order chi connectivity index (χ1) is 17.5. The molecule has 0 spiro atoms. The maximum Gasteiger partial charge on any atom is 0.242 e. The van der Waals surface area contributed by atoms with E-state index < -0.39 is 10.8 Å². The second-order valence-electron chi connectivity index (χ2n) is 8.67. The molecular formula is C26H24ClN3O4S2.